The number of alkyl halides is 2. The van der Waals surface area contributed by atoms with Gasteiger partial charge in [-0.1, -0.05) is 25.5 Å². The molecule has 2 unspecified atom stereocenters. The van der Waals surface area contributed by atoms with Gasteiger partial charge in [-0.15, -0.1) is 23.2 Å². The predicted octanol–water partition coefficient (Wildman–Crippen LogP) is 2.83. The number of ether oxygens (including phenoxy) is 1. The van der Waals surface area contributed by atoms with Crippen LogP contribution < -0.4 is 0 Å². The Hall–Kier alpha value is -0.540. The molecule has 3 nitrogen and oxygen atoms in total. The zero-order chi connectivity index (χ0) is 14.7. The van der Waals surface area contributed by atoms with Gasteiger partial charge in [-0.2, -0.15) is 0 Å². The number of hydrogen-bond acceptors (Lipinski definition) is 3. The highest BCUT2D eigenvalue weighted by atomic mass is 35.5. The molecule has 1 saturated heterocycles. The SMILES string of the molecule is CC1=CC[C@@]23OC(=O)C[C@@]12C(=O)[C@@]1(C)C(Cl)C(Cl)[C@@]31C. The van der Waals surface area contributed by atoms with Crippen molar-refractivity contribution in [1.82, 2.24) is 0 Å². The van der Waals surface area contributed by atoms with Gasteiger partial charge >= 0.3 is 5.97 Å². The maximum atomic E-state index is 13.3. The molecule has 6 atom stereocenters. The molecule has 0 radical (unpaired) electrons. The summed E-state index contributed by atoms with van der Waals surface area (Å²) in [7, 11) is 0. The van der Waals surface area contributed by atoms with Crippen LogP contribution in [0.1, 0.15) is 33.6 Å². The van der Waals surface area contributed by atoms with Crippen LogP contribution in [-0.2, 0) is 14.3 Å². The number of fused-ring (bicyclic) bond motifs is 1. The summed E-state index contributed by atoms with van der Waals surface area (Å²) in [5.74, 6) is -0.252. The monoisotopic (exact) mass is 314 g/mol. The van der Waals surface area contributed by atoms with E-state index in [4.69, 9.17) is 27.9 Å². The van der Waals surface area contributed by atoms with Crippen molar-refractivity contribution in [2.45, 2.75) is 50.0 Å². The number of Topliss-reactive ketones (excluding diaryl/α,β-unsaturated/α-hetero) is 1. The van der Waals surface area contributed by atoms with E-state index in [0.29, 0.717) is 6.42 Å². The summed E-state index contributed by atoms with van der Waals surface area (Å²) in [6.45, 7) is 5.78. The zero-order valence-corrected chi connectivity index (χ0v) is 13.1. The fourth-order valence-electron chi connectivity index (χ4n) is 5.53. The average molecular weight is 315 g/mol. The molecule has 0 aromatic heterocycles. The highest BCUT2D eigenvalue weighted by Gasteiger charge is 2.92. The lowest BCUT2D eigenvalue weighted by Gasteiger charge is -2.62. The Bertz CT molecular complexity index is 614. The van der Waals surface area contributed by atoms with E-state index >= 15 is 0 Å². The molecule has 4 rings (SSSR count). The first-order valence-electron chi connectivity index (χ1n) is 6.92. The molecule has 20 heavy (non-hydrogen) atoms. The minimum atomic E-state index is -0.843. The molecule has 3 aliphatic carbocycles. The molecule has 0 N–H and O–H groups in total. The normalized spacial score (nSPS) is 59.5. The molecular formula is C15H16Cl2O3. The van der Waals surface area contributed by atoms with Crippen LogP contribution in [0.4, 0.5) is 0 Å². The Morgan fingerprint density at radius 1 is 1.25 bits per heavy atom. The van der Waals surface area contributed by atoms with Gasteiger partial charge in [-0.3, -0.25) is 9.59 Å². The predicted molar refractivity (Wildman–Crippen MR) is 74.8 cm³/mol. The standard InChI is InChI=1S/C15H16Cl2O3/c1-7-4-5-15-13(3)10(17)9(16)12(13,2)11(19)14(7,15)6-8(18)20-15/h4,9-10H,5-6H2,1-3H3/t9?,10?,12-,13-,14+,15+/m1/s1. The number of rotatable bonds is 0. The van der Waals surface area contributed by atoms with E-state index in [2.05, 4.69) is 0 Å². The molecule has 0 spiro atoms. The van der Waals surface area contributed by atoms with Crippen molar-refractivity contribution in [3.63, 3.8) is 0 Å². The summed E-state index contributed by atoms with van der Waals surface area (Å²) < 4.78 is 5.79. The maximum absolute atomic E-state index is 13.3. The van der Waals surface area contributed by atoms with Crippen molar-refractivity contribution in [2.24, 2.45) is 16.2 Å². The molecule has 3 fully saturated rings. The van der Waals surface area contributed by atoms with Crippen LogP contribution in [-0.4, -0.2) is 28.1 Å². The van der Waals surface area contributed by atoms with Crippen LogP contribution in [0, 0.1) is 16.2 Å². The molecule has 2 saturated carbocycles. The van der Waals surface area contributed by atoms with Crippen molar-refractivity contribution in [2.75, 3.05) is 0 Å². The molecule has 1 aliphatic heterocycles. The molecule has 1 heterocycles. The quantitative estimate of drug-likeness (QED) is 0.392. The summed E-state index contributed by atoms with van der Waals surface area (Å²) in [4.78, 5) is 25.3. The van der Waals surface area contributed by atoms with Crippen molar-refractivity contribution in [3.05, 3.63) is 11.6 Å². The summed E-state index contributed by atoms with van der Waals surface area (Å²) in [5, 5.41) is -0.782. The fraction of sp³-hybridized carbons (Fsp3) is 0.733. The average Bonchev–Trinajstić information content (AvgIpc) is 2.90. The second-order valence-corrected chi connectivity index (χ2v) is 7.95. The van der Waals surface area contributed by atoms with Gasteiger partial charge in [0, 0.05) is 11.8 Å². The summed E-state index contributed by atoms with van der Waals surface area (Å²) in [5.41, 5.74) is -2.06. The van der Waals surface area contributed by atoms with Gasteiger partial charge in [0.15, 0.2) is 5.78 Å². The smallest absolute Gasteiger partial charge is 0.307 e. The van der Waals surface area contributed by atoms with E-state index in [1.165, 1.54) is 0 Å². The number of carbonyl (C=O) groups is 2. The van der Waals surface area contributed by atoms with Gasteiger partial charge < -0.3 is 4.74 Å². The molecule has 4 aliphatic rings. The van der Waals surface area contributed by atoms with Gasteiger partial charge in [0.05, 0.1) is 22.6 Å². The van der Waals surface area contributed by atoms with Crippen LogP contribution in [0.15, 0.2) is 11.6 Å². The van der Waals surface area contributed by atoms with Crippen LogP contribution in [0.5, 0.6) is 0 Å². The molecule has 108 valence electrons. The van der Waals surface area contributed by atoms with Crippen molar-refractivity contribution < 1.29 is 14.3 Å². The Labute approximate surface area is 127 Å². The third-order valence-electron chi connectivity index (χ3n) is 6.89. The van der Waals surface area contributed by atoms with E-state index in [9.17, 15) is 9.59 Å². The van der Waals surface area contributed by atoms with E-state index in [0.717, 1.165) is 5.57 Å². The lowest BCUT2D eigenvalue weighted by atomic mass is 9.48. The Morgan fingerprint density at radius 2 is 1.90 bits per heavy atom. The van der Waals surface area contributed by atoms with E-state index in [1.807, 2.05) is 26.8 Å². The largest absolute Gasteiger partial charge is 0.457 e. The van der Waals surface area contributed by atoms with Gasteiger partial charge in [-0.25, -0.2) is 0 Å². The topological polar surface area (TPSA) is 43.4 Å². The van der Waals surface area contributed by atoms with Crippen LogP contribution in [0.3, 0.4) is 0 Å². The van der Waals surface area contributed by atoms with Crippen molar-refractivity contribution in [1.29, 1.82) is 0 Å². The molecule has 5 heteroatoms. The van der Waals surface area contributed by atoms with Crippen molar-refractivity contribution in [3.8, 4) is 0 Å². The summed E-state index contributed by atoms with van der Waals surface area (Å²) in [6.07, 6.45) is 2.72. The number of hydrogen-bond donors (Lipinski definition) is 0. The number of ketones is 1. The van der Waals surface area contributed by atoms with Crippen LogP contribution in [0.25, 0.3) is 0 Å². The van der Waals surface area contributed by atoms with E-state index in [-0.39, 0.29) is 23.6 Å². The van der Waals surface area contributed by atoms with Crippen LogP contribution in [0.2, 0.25) is 0 Å². The molecule has 0 aromatic carbocycles. The zero-order valence-electron chi connectivity index (χ0n) is 11.6. The Balaban J connectivity index is 2.05. The second-order valence-electron chi connectivity index (χ2n) is 7.01. The molecule has 0 aromatic rings. The van der Waals surface area contributed by atoms with Crippen LogP contribution >= 0.6 is 23.2 Å². The summed E-state index contributed by atoms with van der Waals surface area (Å²) in [6, 6.07) is 0. The Morgan fingerprint density at radius 3 is 2.55 bits per heavy atom. The Kier molecular flexibility index (Phi) is 2.05. The highest BCUT2D eigenvalue weighted by molar-refractivity contribution is 6.35. The third kappa shape index (κ3) is 0.809. The molecular weight excluding hydrogens is 299 g/mol. The number of carbonyl (C=O) groups excluding carboxylic acids is 2. The minimum Gasteiger partial charge on any atom is -0.457 e. The summed E-state index contributed by atoms with van der Waals surface area (Å²) >= 11 is 12.9. The first kappa shape index (κ1) is 13.1. The molecule has 0 bridgehead atoms. The highest BCUT2D eigenvalue weighted by Crippen LogP contribution is 2.82. The minimum absolute atomic E-state index is 0.0431. The molecule has 0 amide bonds. The second kappa shape index (κ2) is 3.12. The lowest BCUT2D eigenvalue weighted by Crippen LogP contribution is -2.71. The maximum Gasteiger partial charge on any atom is 0.307 e. The third-order valence-corrected chi connectivity index (χ3v) is 8.40. The van der Waals surface area contributed by atoms with E-state index < -0.39 is 27.2 Å². The van der Waals surface area contributed by atoms with Gasteiger partial charge in [0.1, 0.15) is 11.0 Å². The fourth-order valence-corrected chi connectivity index (χ4v) is 6.77. The number of esters is 1. The first-order valence-corrected chi connectivity index (χ1v) is 7.79. The van der Waals surface area contributed by atoms with Gasteiger partial charge in [0.2, 0.25) is 0 Å². The van der Waals surface area contributed by atoms with Gasteiger partial charge in [0.25, 0.3) is 0 Å². The lowest BCUT2D eigenvalue weighted by molar-refractivity contribution is -0.184. The first-order chi connectivity index (χ1) is 9.20. The van der Waals surface area contributed by atoms with E-state index in [1.54, 1.807) is 0 Å². The number of halogens is 2. The van der Waals surface area contributed by atoms with Gasteiger partial charge in [-0.05, 0) is 6.92 Å². The van der Waals surface area contributed by atoms with Crippen molar-refractivity contribution >= 4 is 35.0 Å².